The average molecular weight is 260 g/mol. The molecule has 1 aromatic carbocycles. The van der Waals surface area contributed by atoms with E-state index in [4.69, 9.17) is 0 Å². The van der Waals surface area contributed by atoms with Crippen LogP contribution in [-0.2, 0) is 6.42 Å². The van der Waals surface area contributed by atoms with Crippen LogP contribution in [0.1, 0.15) is 64.0 Å². The normalized spacial score (nSPS) is 31.7. The van der Waals surface area contributed by atoms with Crippen molar-refractivity contribution in [2.75, 3.05) is 0 Å². The van der Waals surface area contributed by atoms with Crippen molar-refractivity contribution in [3.8, 4) is 0 Å². The molecule has 1 nitrogen and oxygen atoms in total. The molecule has 1 aromatic rings. The van der Waals surface area contributed by atoms with Gasteiger partial charge in [-0.15, -0.1) is 0 Å². The van der Waals surface area contributed by atoms with E-state index >= 15 is 0 Å². The highest BCUT2D eigenvalue weighted by atomic mass is 16.3. The third-order valence-corrected chi connectivity index (χ3v) is 4.90. The van der Waals surface area contributed by atoms with Crippen molar-refractivity contribution in [2.24, 2.45) is 11.8 Å². The van der Waals surface area contributed by atoms with Crippen LogP contribution in [0.15, 0.2) is 24.3 Å². The van der Waals surface area contributed by atoms with Crippen LogP contribution in [0.3, 0.4) is 0 Å². The van der Waals surface area contributed by atoms with Gasteiger partial charge >= 0.3 is 0 Å². The molecule has 0 saturated heterocycles. The molecule has 1 heteroatoms. The molecule has 19 heavy (non-hydrogen) atoms. The van der Waals surface area contributed by atoms with Gasteiger partial charge in [0.25, 0.3) is 0 Å². The number of rotatable bonds is 3. The molecule has 0 spiro atoms. The van der Waals surface area contributed by atoms with Gasteiger partial charge in [-0.1, -0.05) is 52.0 Å². The van der Waals surface area contributed by atoms with Gasteiger partial charge in [0.05, 0.1) is 5.60 Å². The molecule has 3 atom stereocenters. The fourth-order valence-corrected chi connectivity index (χ4v) is 3.32. The van der Waals surface area contributed by atoms with Crippen molar-refractivity contribution in [1.82, 2.24) is 0 Å². The Morgan fingerprint density at radius 2 is 1.84 bits per heavy atom. The molecule has 1 fully saturated rings. The average Bonchev–Trinajstić information content (AvgIpc) is 2.35. The molecule has 0 amide bonds. The van der Waals surface area contributed by atoms with Gasteiger partial charge in [0.1, 0.15) is 0 Å². The molecule has 3 unspecified atom stereocenters. The summed E-state index contributed by atoms with van der Waals surface area (Å²) in [5.74, 6) is 1.74. The zero-order valence-corrected chi connectivity index (χ0v) is 12.8. The van der Waals surface area contributed by atoms with Crippen LogP contribution in [0.5, 0.6) is 0 Å². The summed E-state index contributed by atoms with van der Waals surface area (Å²) in [6.45, 7) is 8.94. The maximum atomic E-state index is 10.9. The van der Waals surface area contributed by atoms with Gasteiger partial charge in [-0.25, -0.2) is 0 Å². The van der Waals surface area contributed by atoms with Crippen molar-refractivity contribution in [1.29, 1.82) is 0 Å². The molecule has 0 heterocycles. The predicted molar refractivity (Wildman–Crippen MR) is 81.4 cm³/mol. The molecule has 106 valence electrons. The van der Waals surface area contributed by atoms with Crippen LogP contribution < -0.4 is 0 Å². The third kappa shape index (κ3) is 3.39. The smallest absolute Gasteiger partial charge is 0.0713 e. The van der Waals surface area contributed by atoms with E-state index in [0.717, 1.165) is 31.6 Å². The molecule has 0 bridgehead atoms. The molecule has 0 aliphatic heterocycles. The van der Waals surface area contributed by atoms with Crippen molar-refractivity contribution in [3.05, 3.63) is 35.4 Å². The van der Waals surface area contributed by atoms with Crippen LogP contribution >= 0.6 is 0 Å². The summed E-state index contributed by atoms with van der Waals surface area (Å²) < 4.78 is 0. The fraction of sp³-hybridized carbons (Fsp3) is 0.667. The Kier molecular flexibility index (Phi) is 4.35. The van der Waals surface area contributed by atoms with Crippen molar-refractivity contribution < 1.29 is 5.11 Å². The van der Waals surface area contributed by atoms with Crippen molar-refractivity contribution in [3.63, 3.8) is 0 Å². The summed E-state index contributed by atoms with van der Waals surface area (Å²) in [7, 11) is 0. The first-order valence-electron chi connectivity index (χ1n) is 7.72. The summed E-state index contributed by atoms with van der Waals surface area (Å²) in [6, 6.07) is 8.80. The van der Waals surface area contributed by atoms with E-state index in [-0.39, 0.29) is 0 Å². The number of aliphatic hydroxyl groups is 1. The first kappa shape index (κ1) is 14.6. The van der Waals surface area contributed by atoms with E-state index in [9.17, 15) is 5.11 Å². The third-order valence-electron chi connectivity index (χ3n) is 4.90. The number of hydrogen-bond donors (Lipinski definition) is 1. The molecule has 1 aliphatic carbocycles. The van der Waals surface area contributed by atoms with Crippen LogP contribution in [0.25, 0.3) is 0 Å². The lowest BCUT2D eigenvalue weighted by molar-refractivity contribution is -0.0522. The van der Waals surface area contributed by atoms with Gasteiger partial charge in [0.15, 0.2) is 0 Å². The second-order valence-electron chi connectivity index (χ2n) is 6.96. The number of hydrogen-bond acceptors (Lipinski definition) is 1. The van der Waals surface area contributed by atoms with E-state index in [1.807, 2.05) is 0 Å². The van der Waals surface area contributed by atoms with Gasteiger partial charge in [-0.2, -0.15) is 0 Å². The first-order valence-corrected chi connectivity index (χ1v) is 7.72. The minimum Gasteiger partial charge on any atom is -0.389 e. The standard InChI is InChI=1S/C18H28O/c1-13(2)17-7-5-16(6-8-17)12-18(19)10-9-14(3)11-15(18)4/h5-8,13-15,19H,9-12H2,1-4H3. The van der Waals surface area contributed by atoms with Crippen molar-refractivity contribution >= 4 is 0 Å². The van der Waals surface area contributed by atoms with Crippen LogP contribution in [0.2, 0.25) is 0 Å². The molecule has 2 rings (SSSR count). The molecular weight excluding hydrogens is 232 g/mol. The van der Waals surface area contributed by atoms with Gasteiger partial charge in [0, 0.05) is 6.42 Å². The predicted octanol–water partition coefficient (Wildman–Crippen LogP) is 4.54. The number of benzene rings is 1. The second-order valence-corrected chi connectivity index (χ2v) is 6.96. The summed E-state index contributed by atoms with van der Waals surface area (Å²) in [6.07, 6.45) is 4.06. The summed E-state index contributed by atoms with van der Waals surface area (Å²) in [5.41, 5.74) is 2.15. The first-order chi connectivity index (χ1) is 8.90. The summed E-state index contributed by atoms with van der Waals surface area (Å²) in [5, 5.41) is 10.9. The highest BCUT2D eigenvalue weighted by Crippen LogP contribution is 2.38. The maximum Gasteiger partial charge on any atom is 0.0713 e. The van der Waals surface area contributed by atoms with Gasteiger partial charge in [0.2, 0.25) is 0 Å². The van der Waals surface area contributed by atoms with E-state index in [1.54, 1.807) is 0 Å². The molecular formula is C18H28O. The second kappa shape index (κ2) is 5.66. The fourth-order valence-electron chi connectivity index (χ4n) is 3.32. The van der Waals surface area contributed by atoms with Gasteiger partial charge in [-0.3, -0.25) is 0 Å². The Morgan fingerprint density at radius 3 is 2.37 bits per heavy atom. The minimum absolute atomic E-state index is 0.404. The Balaban J connectivity index is 2.07. The van der Waals surface area contributed by atoms with E-state index in [1.165, 1.54) is 11.1 Å². The van der Waals surface area contributed by atoms with Gasteiger partial charge in [-0.05, 0) is 48.1 Å². The summed E-state index contributed by atoms with van der Waals surface area (Å²) in [4.78, 5) is 0. The Labute approximate surface area is 118 Å². The van der Waals surface area contributed by atoms with Crippen LogP contribution in [0.4, 0.5) is 0 Å². The van der Waals surface area contributed by atoms with Gasteiger partial charge < -0.3 is 5.11 Å². The van der Waals surface area contributed by atoms with E-state index < -0.39 is 5.60 Å². The molecule has 1 N–H and O–H groups in total. The maximum absolute atomic E-state index is 10.9. The zero-order valence-electron chi connectivity index (χ0n) is 12.8. The minimum atomic E-state index is -0.494. The van der Waals surface area contributed by atoms with Crippen LogP contribution in [-0.4, -0.2) is 10.7 Å². The molecule has 0 aromatic heterocycles. The monoisotopic (exact) mass is 260 g/mol. The van der Waals surface area contributed by atoms with Crippen LogP contribution in [0, 0.1) is 11.8 Å². The quantitative estimate of drug-likeness (QED) is 0.846. The zero-order chi connectivity index (χ0) is 14.0. The lowest BCUT2D eigenvalue weighted by atomic mass is 9.70. The van der Waals surface area contributed by atoms with E-state index in [0.29, 0.717) is 11.8 Å². The highest BCUT2D eigenvalue weighted by Gasteiger charge is 2.38. The lowest BCUT2D eigenvalue weighted by Crippen LogP contribution is -2.43. The van der Waals surface area contributed by atoms with Crippen molar-refractivity contribution in [2.45, 2.75) is 64.9 Å². The highest BCUT2D eigenvalue weighted by molar-refractivity contribution is 5.26. The largest absolute Gasteiger partial charge is 0.389 e. The molecule has 1 saturated carbocycles. The Morgan fingerprint density at radius 1 is 1.21 bits per heavy atom. The van der Waals surface area contributed by atoms with E-state index in [2.05, 4.69) is 52.0 Å². The Hall–Kier alpha value is -0.820. The lowest BCUT2D eigenvalue weighted by Gasteiger charge is -2.41. The Bertz CT molecular complexity index is 406. The summed E-state index contributed by atoms with van der Waals surface area (Å²) >= 11 is 0. The molecule has 0 radical (unpaired) electrons. The SMILES string of the molecule is CC1CCC(O)(Cc2ccc(C(C)C)cc2)C(C)C1. The topological polar surface area (TPSA) is 20.2 Å². The molecule has 1 aliphatic rings.